The monoisotopic (exact) mass is 320 g/mol. The van der Waals surface area contributed by atoms with Gasteiger partial charge in [-0.3, -0.25) is 4.57 Å². The molecular weight excluding hydrogens is 294 g/mol. The Morgan fingerprint density at radius 3 is 1.16 bits per heavy atom. The molecule has 0 bridgehead atoms. The second kappa shape index (κ2) is 12.2. The summed E-state index contributed by atoms with van der Waals surface area (Å²) in [7, 11) is 3.62. The fourth-order valence-corrected chi connectivity index (χ4v) is 1.19. The highest BCUT2D eigenvalue weighted by Gasteiger charge is 2.27. The maximum Gasteiger partial charge on any atom is 0.331 e. The molecule has 0 aromatic carbocycles. The maximum absolute atomic E-state index is 10.5. The molecule has 2 atom stereocenters. The van der Waals surface area contributed by atoms with Crippen LogP contribution in [-0.2, 0) is 31.9 Å². The molecule has 0 radical (unpaired) electrons. The Hall–Kier alpha value is 0.420. The molecule has 1 unspecified atom stereocenters. The fraction of sp³-hybridized carbons (Fsp3) is 1.00. The second-order valence-electron chi connectivity index (χ2n) is 3.45. The molecule has 118 valence electrons. The van der Waals surface area contributed by atoms with Crippen LogP contribution in [0.1, 0.15) is 13.8 Å². The number of hydrogen-bond acceptors (Lipinski definition) is 7. The molecule has 0 aliphatic carbocycles. The molecule has 0 aromatic heterocycles. The Morgan fingerprint density at radius 1 is 0.895 bits per heavy atom. The van der Waals surface area contributed by atoms with Crippen LogP contribution in [0.3, 0.4) is 0 Å². The topological polar surface area (TPSA) is 75.8 Å². The zero-order chi connectivity index (χ0) is 15.5. The third-order valence-corrected chi connectivity index (χ3v) is 4.35. The van der Waals surface area contributed by atoms with Crippen LogP contribution in [-0.4, -0.2) is 54.4 Å². The summed E-state index contributed by atoms with van der Waals surface area (Å²) in [5.74, 6) is 0. The third kappa shape index (κ3) is 14.6. The van der Waals surface area contributed by atoms with E-state index in [4.69, 9.17) is 4.74 Å². The minimum absolute atomic E-state index is 0.551. The van der Waals surface area contributed by atoms with Gasteiger partial charge in [0.2, 0.25) is 0 Å². The highest BCUT2D eigenvalue weighted by atomic mass is 31.2. The van der Waals surface area contributed by atoms with Crippen LogP contribution in [0.15, 0.2) is 0 Å². The van der Waals surface area contributed by atoms with E-state index in [0.717, 1.165) is 0 Å². The number of rotatable bonds is 5. The minimum Gasteiger partial charge on any atom is -0.370 e. The zero-order valence-corrected chi connectivity index (χ0v) is 14.7. The van der Waals surface area contributed by atoms with Crippen LogP contribution >= 0.6 is 16.2 Å². The largest absolute Gasteiger partial charge is 0.370 e. The van der Waals surface area contributed by atoms with Gasteiger partial charge >= 0.3 is 16.2 Å². The van der Waals surface area contributed by atoms with E-state index in [1.54, 1.807) is 21.3 Å². The maximum atomic E-state index is 10.5. The second-order valence-corrected chi connectivity index (χ2v) is 7.27. The fourth-order valence-electron chi connectivity index (χ4n) is 0.591. The van der Waals surface area contributed by atoms with Gasteiger partial charge in [-0.05, 0) is 13.8 Å². The van der Waals surface area contributed by atoms with Crippen LogP contribution in [0, 0.1) is 0 Å². The van der Waals surface area contributed by atoms with E-state index >= 15 is 0 Å². The van der Waals surface area contributed by atoms with Gasteiger partial charge in [0.15, 0.2) is 0 Å². The van der Waals surface area contributed by atoms with Crippen molar-refractivity contribution in [2.75, 3.05) is 42.2 Å². The van der Waals surface area contributed by atoms with E-state index in [9.17, 15) is 4.57 Å². The number of ether oxygens (including phenoxy) is 1. The van der Waals surface area contributed by atoms with E-state index in [1.165, 1.54) is 20.9 Å². The smallest absolute Gasteiger partial charge is 0.331 e. The minimum atomic E-state index is -2.65. The van der Waals surface area contributed by atoms with Crippen molar-refractivity contribution in [2.45, 2.75) is 26.1 Å². The van der Waals surface area contributed by atoms with Crippen molar-refractivity contribution in [3.8, 4) is 0 Å². The number of hydrogen-bond donors (Lipinski definition) is 0. The molecule has 1 saturated heterocycles. The molecule has 1 aliphatic heterocycles. The van der Waals surface area contributed by atoms with Crippen molar-refractivity contribution in [3.63, 3.8) is 0 Å². The summed E-state index contributed by atoms with van der Waals surface area (Å²) >= 11 is 0. The Labute approximate surface area is 117 Å². The molecule has 1 heterocycles. The van der Waals surface area contributed by atoms with Gasteiger partial charge in [0.25, 0.3) is 0 Å². The SMILES string of the molecule is CC1O[C@@H]1C.COP(C)(=O)OC.COP(OC)OC. The first-order valence-electron chi connectivity index (χ1n) is 5.54. The average Bonchev–Trinajstić information content (AvgIpc) is 3.06. The first kappa shape index (κ1) is 21.7. The molecule has 0 N–H and O–H groups in total. The molecule has 1 fully saturated rings. The zero-order valence-electron chi connectivity index (χ0n) is 12.9. The highest BCUT2D eigenvalue weighted by molar-refractivity contribution is 7.52. The Kier molecular flexibility index (Phi) is 13.9. The van der Waals surface area contributed by atoms with Crippen molar-refractivity contribution >= 4 is 16.2 Å². The highest BCUT2D eigenvalue weighted by Crippen LogP contribution is 2.40. The molecule has 7 nitrogen and oxygen atoms in total. The predicted molar refractivity (Wildman–Crippen MR) is 75.5 cm³/mol. The first-order chi connectivity index (χ1) is 8.77. The van der Waals surface area contributed by atoms with E-state index in [1.807, 2.05) is 0 Å². The molecular formula is C10H26O7P2. The van der Waals surface area contributed by atoms with Crippen molar-refractivity contribution in [1.82, 2.24) is 0 Å². The molecule has 0 amide bonds. The lowest BCUT2D eigenvalue weighted by Crippen LogP contribution is -1.82. The summed E-state index contributed by atoms with van der Waals surface area (Å²) < 4.78 is 38.3. The van der Waals surface area contributed by atoms with Crippen molar-refractivity contribution in [3.05, 3.63) is 0 Å². The van der Waals surface area contributed by atoms with Crippen LogP contribution in [0.5, 0.6) is 0 Å². The number of epoxide rings is 1. The molecule has 0 aromatic rings. The molecule has 0 spiro atoms. The van der Waals surface area contributed by atoms with Gasteiger partial charge in [-0.2, -0.15) is 0 Å². The summed E-state index contributed by atoms with van der Waals surface area (Å²) in [6, 6.07) is 0. The molecule has 1 aliphatic rings. The van der Waals surface area contributed by atoms with Gasteiger partial charge in [0.1, 0.15) is 0 Å². The van der Waals surface area contributed by atoms with Gasteiger partial charge in [0, 0.05) is 42.2 Å². The van der Waals surface area contributed by atoms with E-state index in [-0.39, 0.29) is 0 Å². The average molecular weight is 320 g/mol. The first-order valence-corrected chi connectivity index (χ1v) is 8.63. The molecule has 1 rings (SSSR count). The lowest BCUT2D eigenvalue weighted by atomic mass is 10.4. The summed E-state index contributed by atoms with van der Waals surface area (Å²) in [4.78, 5) is 0. The Morgan fingerprint density at radius 2 is 1.16 bits per heavy atom. The van der Waals surface area contributed by atoms with Crippen LogP contribution in [0.4, 0.5) is 0 Å². The van der Waals surface area contributed by atoms with Crippen molar-refractivity contribution < 1.29 is 31.9 Å². The van der Waals surface area contributed by atoms with E-state index in [0.29, 0.717) is 12.2 Å². The summed E-state index contributed by atoms with van der Waals surface area (Å²) in [5.41, 5.74) is 0. The summed E-state index contributed by atoms with van der Waals surface area (Å²) in [6.07, 6.45) is 1.10. The summed E-state index contributed by atoms with van der Waals surface area (Å²) in [6.45, 7) is 5.56. The normalized spacial score (nSPS) is 21.1. The lowest BCUT2D eigenvalue weighted by molar-refractivity contribution is 0.239. The Bertz CT molecular complexity index is 229. The molecule has 19 heavy (non-hydrogen) atoms. The standard InChI is InChI=1S/C4H8O.2C3H9O3P/c1-3-4(2)5-3;1-5-7(3,4)6-2;1-4-7(5-2)6-3/h3-4H,1-2H3;2*1-3H3/t3-,4?;;/m1../s1. The van der Waals surface area contributed by atoms with Gasteiger partial charge in [-0.25, -0.2) is 0 Å². The van der Waals surface area contributed by atoms with Gasteiger partial charge in [-0.15, -0.1) is 0 Å². The van der Waals surface area contributed by atoms with Crippen LogP contribution < -0.4 is 0 Å². The van der Waals surface area contributed by atoms with Crippen LogP contribution in [0.25, 0.3) is 0 Å². The van der Waals surface area contributed by atoms with E-state index in [2.05, 4.69) is 36.5 Å². The van der Waals surface area contributed by atoms with Crippen LogP contribution in [0.2, 0.25) is 0 Å². The lowest BCUT2D eigenvalue weighted by Gasteiger charge is -2.05. The third-order valence-electron chi connectivity index (χ3n) is 2.12. The van der Waals surface area contributed by atoms with Gasteiger partial charge < -0.3 is 27.4 Å². The van der Waals surface area contributed by atoms with E-state index < -0.39 is 16.2 Å². The predicted octanol–water partition coefficient (Wildman–Crippen LogP) is 3.05. The molecule has 9 heteroatoms. The molecule has 0 saturated carbocycles. The van der Waals surface area contributed by atoms with Gasteiger partial charge in [0.05, 0.1) is 12.2 Å². The van der Waals surface area contributed by atoms with Crippen molar-refractivity contribution in [1.29, 1.82) is 0 Å². The van der Waals surface area contributed by atoms with Crippen molar-refractivity contribution in [2.24, 2.45) is 0 Å². The Balaban J connectivity index is 0. The summed E-state index contributed by atoms with van der Waals surface area (Å²) in [5, 5.41) is 0. The quantitative estimate of drug-likeness (QED) is 0.569. The van der Waals surface area contributed by atoms with Gasteiger partial charge in [-0.1, -0.05) is 0 Å².